The minimum Gasteiger partial charge on any atom is -0.378 e. The molecule has 1 amide bonds. The zero-order chi connectivity index (χ0) is 29.6. The van der Waals surface area contributed by atoms with Crippen LogP contribution in [-0.2, 0) is 25.7 Å². The molecule has 0 aromatic heterocycles. The fourth-order valence-corrected chi connectivity index (χ4v) is 8.86. The van der Waals surface area contributed by atoms with E-state index in [1.165, 1.54) is 18.2 Å². The van der Waals surface area contributed by atoms with Crippen molar-refractivity contribution in [2.24, 2.45) is 0 Å². The quantitative estimate of drug-likeness (QED) is 0.133. The summed E-state index contributed by atoms with van der Waals surface area (Å²) < 4.78 is 53.3. The van der Waals surface area contributed by atoms with Gasteiger partial charge in [-0.1, -0.05) is 83.9 Å². The highest BCUT2D eigenvalue weighted by molar-refractivity contribution is 7.93. The number of anilines is 1. The number of sulfonamides is 1. The van der Waals surface area contributed by atoms with Crippen LogP contribution in [0.1, 0.15) is 29.8 Å². The zero-order valence-corrected chi connectivity index (χ0v) is 25.7. The largest absolute Gasteiger partial charge is 0.494 e. The number of hydrogen-bond donors (Lipinski definition) is 1. The lowest BCUT2D eigenvalue weighted by molar-refractivity contribution is 0.0949. The van der Waals surface area contributed by atoms with Crippen molar-refractivity contribution in [1.82, 2.24) is 5.32 Å². The molecule has 0 saturated heterocycles. The summed E-state index contributed by atoms with van der Waals surface area (Å²) in [6, 6.07) is 23.5. The molecule has 0 aliphatic heterocycles. The standard InChI is InChI=1S/C29H29Cl2N2O6PS/c1-3-38-40(35,39-4-2)20-33(41(36,37)25-17-23(30)16-24(31)18-25)28-26-13-9-8-12-22(26)14-15-27(28)29(34)32-19-21-10-6-5-7-11-21/h5-18H,3-4,19-20H2,1-2H3,(H,32,34)/p+1. The second-order valence-electron chi connectivity index (χ2n) is 8.96. The summed E-state index contributed by atoms with van der Waals surface area (Å²) >= 11 is 12.4. The summed E-state index contributed by atoms with van der Waals surface area (Å²) in [7, 11) is -8.41. The maximum absolute atomic E-state index is 14.4. The van der Waals surface area contributed by atoms with Crippen LogP contribution < -0.4 is 9.62 Å². The molecule has 12 heteroatoms. The molecule has 0 aliphatic rings. The number of halogens is 2. The number of nitrogens with zero attached hydrogens (tertiary/aromatic N) is 1. The Hall–Kier alpha value is -2.91. The molecule has 0 radical (unpaired) electrons. The maximum atomic E-state index is 14.4. The molecule has 0 bridgehead atoms. The maximum Gasteiger partial charge on any atom is 0.494 e. The molecule has 0 heterocycles. The van der Waals surface area contributed by atoms with Gasteiger partial charge in [0.25, 0.3) is 15.9 Å². The summed E-state index contributed by atoms with van der Waals surface area (Å²) in [6.07, 6.45) is -0.645. The van der Waals surface area contributed by atoms with Gasteiger partial charge in [-0.05, 0) is 42.1 Å². The fourth-order valence-electron chi connectivity index (χ4n) is 4.36. The van der Waals surface area contributed by atoms with Crippen LogP contribution in [0.2, 0.25) is 10.0 Å². The van der Waals surface area contributed by atoms with Crippen LogP contribution in [0, 0.1) is 0 Å². The van der Waals surface area contributed by atoms with Gasteiger partial charge in [0.05, 0.1) is 22.8 Å². The summed E-state index contributed by atoms with van der Waals surface area (Å²) in [6.45, 7) is 3.71. The molecule has 0 aliphatic carbocycles. The SMILES string of the molecule is CCOP(=O)(CN(c1c(C(=O)NCc2ccccc2)ccc2ccccc12)S(=O)(=O)c1cc(Cl)cc(Cl)c1)[OH+]CC. The number of carbonyl (C=O) groups is 1. The van der Waals surface area contributed by atoms with E-state index in [2.05, 4.69) is 9.84 Å². The minimum atomic E-state index is -4.51. The van der Waals surface area contributed by atoms with E-state index in [-0.39, 0.29) is 46.0 Å². The number of aliphatic hydroxyl groups is 1. The van der Waals surface area contributed by atoms with Gasteiger partial charge in [-0.3, -0.25) is 9.32 Å². The first-order chi connectivity index (χ1) is 19.6. The number of fused-ring (bicyclic) bond motifs is 1. The number of amides is 1. The number of rotatable bonds is 12. The van der Waals surface area contributed by atoms with E-state index in [1.54, 1.807) is 50.2 Å². The van der Waals surface area contributed by atoms with Crippen molar-refractivity contribution in [2.75, 3.05) is 23.8 Å². The molecule has 8 nitrogen and oxygen atoms in total. The molecule has 1 atom stereocenters. The Bertz CT molecular complexity index is 1670. The molecule has 4 aromatic rings. The second kappa shape index (κ2) is 13.4. The summed E-state index contributed by atoms with van der Waals surface area (Å²) in [5, 5.41) is 4.19. The predicted octanol–water partition coefficient (Wildman–Crippen LogP) is 7.01. The highest BCUT2D eigenvalue weighted by atomic mass is 35.5. The average molecular weight is 637 g/mol. The van der Waals surface area contributed by atoms with Gasteiger partial charge in [-0.15, -0.1) is 0 Å². The highest BCUT2D eigenvalue weighted by Gasteiger charge is 2.41. The Balaban J connectivity index is 1.95. The van der Waals surface area contributed by atoms with Crippen LogP contribution >= 0.6 is 30.8 Å². The average Bonchev–Trinajstić information content (AvgIpc) is 2.94. The molecular weight excluding hydrogens is 606 g/mol. The molecule has 4 rings (SSSR count). The third-order valence-electron chi connectivity index (χ3n) is 6.11. The van der Waals surface area contributed by atoms with Crippen molar-refractivity contribution in [1.29, 1.82) is 0 Å². The smallest absolute Gasteiger partial charge is 0.378 e. The van der Waals surface area contributed by atoms with E-state index in [9.17, 15) is 17.8 Å². The lowest BCUT2D eigenvalue weighted by Crippen LogP contribution is -2.36. The zero-order valence-electron chi connectivity index (χ0n) is 22.5. The summed E-state index contributed by atoms with van der Waals surface area (Å²) in [5.74, 6) is -0.516. The van der Waals surface area contributed by atoms with E-state index in [4.69, 9.17) is 27.7 Å². The van der Waals surface area contributed by atoms with E-state index in [0.29, 0.717) is 10.8 Å². The molecule has 0 saturated carbocycles. The first-order valence-electron chi connectivity index (χ1n) is 12.8. The Kier molecular flexibility index (Phi) is 10.1. The summed E-state index contributed by atoms with van der Waals surface area (Å²) in [5.41, 5.74) is 0.968. The third kappa shape index (κ3) is 7.30. The number of nitrogens with one attached hydrogen (secondary N) is 1. The van der Waals surface area contributed by atoms with Crippen molar-refractivity contribution in [3.63, 3.8) is 0 Å². The Morgan fingerprint density at radius 1 is 0.951 bits per heavy atom. The van der Waals surface area contributed by atoms with Crippen molar-refractivity contribution in [3.05, 3.63) is 106 Å². The fraction of sp³-hybridized carbons (Fsp3) is 0.207. The molecule has 0 spiro atoms. The molecule has 1 unspecified atom stereocenters. The van der Waals surface area contributed by atoms with Crippen LogP contribution in [-0.4, -0.2) is 38.3 Å². The molecular formula is C29H30Cl2N2O6PS+. The van der Waals surface area contributed by atoms with Crippen molar-refractivity contribution in [2.45, 2.75) is 25.3 Å². The lowest BCUT2D eigenvalue weighted by atomic mass is 10.0. The van der Waals surface area contributed by atoms with Crippen molar-refractivity contribution < 1.29 is 26.8 Å². The third-order valence-corrected chi connectivity index (χ3v) is 10.5. The van der Waals surface area contributed by atoms with Gasteiger partial charge in [0, 0.05) is 28.9 Å². The van der Waals surface area contributed by atoms with Gasteiger partial charge in [-0.2, -0.15) is 0 Å². The predicted molar refractivity (Wildman–Crippen MR) is 165 cm³/mol. The van der Waals surface area contributed by atoms with E-state index >= 15 is 0 Å². The Morgan fingerprint density at radius 3 is 2.27 bits per heavy atom. The second-order valence-corrected chi connectivity index (χ2v) is 13.8. The number of carbonyl (C=O) groups excluding carboxylic acids is 1. The first kappa shape index (κ1) is 31.0. The van der Waals surface area contributed by atoms with Crippen molar-refractivity contribution in [3.8, 4) is 0 Å². The van der Waals surface area contributed by atoms with Crippen LogP contribution in [0.15, 0.2) is 89.8 Å². The lowest BCUT2D eigenvalue weighted by Gasteiger charge is -2.29. The van der Waals surface area contributed by atoms with Gasteiger partial charge in [0.15, 0.2) is 6.29 Å². The Morgan fingerprint density at radius 2 is 1.61 bits per heavy atom. The molecule has 0 fully saturated rings. The molecule has 2 N–H and O–H groups in total. The van der Waals surface area contributed by atoms with Gasteiger partial charge in [-0.25, -0.2) is 17.3 Å². The molecule has 216 valence electrons. The minimum absolute atomic E-state index is 0.0380. The Labute approximate surface area is 249 Å². The van der Waals surface area contributed by atoms with E-state index in [0.717, 1.165) is 9.87 Å². The van der Waals surface area contributed by atoms with Crippen molar-refractivity contribution >= 4 is 63.2 Å². The highest BCUT2D eigenvalue weighted by Crippen LogP contribution is 2.49. The molecule has 41 heavy (non-hydrogen) atoms. The van der Waals surface area contributed by atoms with Gasteiger partial charge in [0.1, 0.15) is 6.61 Å². The topological polar surface area (TPSA) is 106 Å². The van der Waals surface area contributed by atoms with E-state index < -0.39 is 29.8 Å². The normalized spacial score (nSPS) is 13.1. The monoisotopic (exact) mass is 635 g/mol. The van der Waals surface area contributed by atoms with E-state index in [1.807, 2.05) is 30.3 Å². The van der Waals surface area contributed by atoms with Gasteiger partial charge in [0.2, 0.25) is 0 Å². The first-order valence-corrected chi connectivity index (χ1v) is 16.8. The number of benzene rings is 4. The van der Waals surface area contributed by atoms with Gasteiger partial charge < -0.3 is 9.84 Å². The van der Waals surface area contributed by atoms with Crippen LogP contribution in [0.3, 0.4) is 0 Å². The molecule has 4 aromatic carbocycles. The summed E-state index contributed by atoms with van der Waals surface area (Å²) in [4.78, 5) is 13.4. The van der Waals surface area contributed by atoms with Gasteiger partial charge >= 0.3 is 7.60 Å². The van der Waals surface area contributed by atoms with Crippen LogP contribution in [0.5, 0.6) is 0 Å². The van der Waals surface area contributed by atoms with Crippen LogP contribution in [0.25, 0.3) is 10.8 Å². The number of hydrogen-bond acceptors (Lipinski definition) is 5. The van der Waals surface area contributed by atoms with Crippen LogP contribution in [0.4, 0.5) is 5.69 Å².